The van der Waals surface area contributed by atoms with Crippen LogP contribution >= 0.6 is 0 Å². The van der Waals surface area contributed by atoms with Gasteiger partial charge in [-0.05, 0) is 25.1 Å². The SMILES string of the molecule is COC(=O)C(C(=O)OC)c1ccc(OC)cc1NS(=O)(=O)c1ccc(C)cc1. The van der Waals surface area contributed by atoms with Crippen LogP contribution < -0.4 is 9.46 Å². The first kappa shape index (κ1) is 21.2. The number of benzene rings is 2. The van der Waals surface area contributed by atoms with E-state index in [2.05, 4.69) is 14.2 Å². The number of rotatable bonds is 7. The molecule has 0 heterocycles. The third-order valence-electron chi connectivity index (χ3n) is 4.02. The fourth-order valence-electron chi connectivity index (χ4n) is 2.51. The summed E-state index contributed by atoms with van der Waals surface area (Å²) in [4.78, 5) is 24.3. The molecule has 0 aliphatic rings. The Morgan fingerprint density at radius 3 is 2.00 bits per heavy atom. The minimum absolute atomic E-state index is 0.000671. The topological polar surface area (TPSA) is 108 Å². The Balaban J connectivity index is 2.57. The van der Waals surface area contributed by atoms with E-state index in [0.717, 1.165) is 19.8 Å². The van der Waals surface area contributed by atoms with Crippen molar-refractivity contribution in [1.29, 1.82) is 0 Å². The van der Waals surface area contributed by atoms with E-state index >= 15 is 0 Å². The molecule has 0 aliphatic carbocycles. The molecule has 0 saturated carbocycles. The van der Waals surface area contributed by atoms with Crippen molar-refractivity contribution < 1.29 is 32.2 Å². The van der Waals surface area contributed by atoms with Gasteiger partial charge in [-0.3, -0.25) is 14.3 Å². The lowest BCUT2D eigenvalue weighted by Crippen LogP contribution is -2.26. The molecule has 0 atom stereocenters. The first-order valence-electron chi connectivity index (χ1n) is 8.16. The monoisotopic (exact) mass is 407 g/mol. The fraction of sp³-hybridized carbons (Fsp3) is 0.263. The number of esters is 2. The zero-order valence-electron chi connectivity index (χ0n) is 15.9. The number of ether oxygens (including phenoxy) is 3. The highest BCUT2D eigenvalue weighted by Crippen LogP contribution is 2.32. The molecule has 0 fully saturated rings. The summed E-state index contributed by atoms with van der Waals surface area (Å²) in [6.07, 6.45) is 0. The Morgan fingerprint density at radius 2 is 1.50 bits per heavy atom. The van der Waals surface area contributed by atoms with Crippen LogP contribution in [-0.4, -0.2) is 41.7 Å². The Kier molecular flexibility index (Phi) is 6.63. The first-order chi connectivity index (χ1) is 13.2. The maximum absolute atomic E-state index is 12.8. The second-order valence-electron chi connectivity index (χ2n) is 5.85. The predicted molar refractivity (Wildman–Crippen MR) is 102 cm³/mol. The van der Waals surface area contributed by atoms with Crippen LogP contribution in [0.3, 0.4) is 0 Å². The van der Waals surface area contributed by atoms with Gasteiger partial charge in [0, 0.05) is 11.6 Å². The lowest BCUT2D eigenvalue weighted by molar-refractivity contribution is -0.154. The summed E-state index contributed by atoms with van der Waals surface area (Å²) >= 11 is 0. The van der Waals surface area contributed by atoms with E-state index in [0.29, 0.717) is 5.75 Å². The maximum Gasteiger partial charge on any atom is 0.324 e. The molecule has 2 aromatic carbocycles. The molecule has 150 valence electrons. The van der Waals surface area contributed by atoms with Crippen molar-refractivity contribution in [3.8, 4) is 5.75 Å². The van der Waals surface area contributed by atoms with Crippen molar-refractivity contribution >= 4 is 27.6 Å². The number of hydrogen-bond acceptors (Lipinski definition) is 7. The van der Waals surface area contributed by atoms with Crippen molar-refractivity contribution in [3.05, 3.63) is 53.6 Å². The molecule has 0 saturated heterocycles. The largest absolute Gasteiger partial charge is 0.497 e. The molecule has 9 heteroatoms. The van der Waals surface area contributed by atoms with Crippen LogP contribution in [0.5, 0.6) is 5.75 Å². The summed E-state index contributed by atoms with van der Waals surface area (Å²) in [7, 11) is -0.332. The van der Waals surface area contributed by atoms with Gasteiger partial charge in [-0.1, -0.05) is 23.8 Å². The molecular weight excluding hydrogens is 386 g/mol. The summed E-state index contributed by atoms with van der Waals surface area (Å²) in [5, 5.41) is 0. The first-order valence-corrected chi connectivity index (χ1v) is 9.65. The van der Waals surface area contributed by atoms with Gasteiger partial charge in [0.15, 0.2) is 5.92 Å². The van der Waals surface area contributed by atoms with Crippen LogP contribution in [0, 0.1) is 6.92 Å². The van der Waals surface area contributed by atoms with E-state index in [1.54, 1.807) is 12.1 Å². The minimum atomic E-state index is -3.99. The van der Waals surface area contributed by atoms with Crippen LogP contribution in [0.15, 0.2) is 47.4 Å². The Bertz CT molecular complexity index is 952. The quantitative estimate of drug-likeness (QED) is 0.554. The zero-order chi connectivity index (χ0) is 20.9. The molecule has 0 spiro atoms. The second-order valence-corrected chi connectivity index (χ2v) is 7.53. The van der Waals surface area contributed by atoms with Gasteiger partial charge in [0.25, 0.3) is 10.0 Å². The van der Waals surface area contributed by atoms with Crippen LogP contribution in [0.1, 0.15) is 17.0 Å². The third kappa shape index (κ3) is 4.61. The van der Waals surface area contributed by atoms with Crippen molar-refractivity contribution in [2.75, 3.05) is 26.1 Å². The predicted octanol–water partition coefficient (Wildman–Crippen LogP) is 2.23. The van der Waals surface area contributed by atoms with Gasteiger partial charge in [0.2, 0.25) is 0 Å². The lowest BCUT2D eigenvalue weighted by Gasteiger charge is -2.18. The Hall–Kier alpha value is -3.07. The molecule has 2 aromatic rings. The number of carbonyl (C=O) groups excluding carboxylic acids is 2. The van der Waals surface area contributed by atoms with E-state index in [1.807, 2.05) is 6.92 Å². The summed E-state index contributed by atoms with van der Waals surface area (Å²) in [5.74, 6) is -2.89. The minimum Gasteiger partial charge on any atom is -0.497 e. The van der Waals surface area contributed by atoms with Gasteiger partial charge in [-0.15, -0.1) is 0 Å². The number of anilines is 1. The number of sulfonamides is 1. The van der Waals surface area contributed by atoms with Crippen molar-refractivity contribution in [2.24, 2.45) is 0 Å². The molecule has 0 bridgehead atoms. The number of aryl methyl sites for hydroxylation is 1. The number of hydrogen-bond donors (Lipinski definition) is 1. The number of carbonyl (C=O) groups is 2. The van der Waals surface area contributed by atoms with Crippen molar-refractivity contribution in [2.45, 2.75) is 17.7 Å². The van der Waals surface area contributed by atoms with Gasteiger partial charge in [-0.2, -0.15) is 0 Å². The second kappa shape index (κ2) is 8.75. The Labute approximate surface area is 163 Å². The van der Waals surface area contributed by atoms with Crippen molar-refractivity contribution in [1.82, 2.24) is 0 Å². The molecule has 0 amide bonds. The van der Waals surface area contributed by atoms with Gasteiger partial charge < -0.3 is 14.2 Å². The van der Waals surface area contributed by atoms with Gasteiger partial charge >= 0.3 is 11.9 Å². The highest BCUT2D eigenvalue weighted by Gasteiger charge is 2.34. The molecule has 28 heavy (non-hydrogen) atoms. The molecular formula is C19H21NO7S. The number of nitrogens with one attached hydrogen (secondary N) is 1. The molecule has 0 unspecified atom stereocenters. The molecule has 2 rings (SSSR count). The highest BCUT2D eigenvalue weighted by molar-refractivity contribution is 7.92. The van der Waals surface area contributed by atoms with Crippen LogP contribution in [-0.2, 0) is 29.1 Å². The average Bonchev–Trinajstić information content (AvgIpc) is 2.68. The van der Waals surface area contributed by atoms with Crippen LogP contribution in [0.2, 0.25) is 0 Å². The maximum atomic E-state index is 12.8. The van der Waals surface area contributed by atoms with E-state index in [-0.39, 0.29) is 16.1 Å². The molecule has 8 nitrogen and oxygen atoms in total. The molecule has 0 aliphatic heterocycles. The summed E-state index contributed by atoms with van der Waals surface area (Å²) in [5.41, 5.74) is 0.980. The van der Waals surface area contributed by atoms with E-state index in [4.69, 9.17) is 4.74 Å². The molecule has 1 N–H and O–H groups in total. The smallest absolute Gasteiger partial charge is 0.324 e. The average molecular weight is 407 g/mol. The third-order valence-corrected chi connectivity index (χ3v) is 5.40. The highest BCUT2D eigenvalue weighted by atomic mass is 32.2. The standard InChI is InChI=1S/C19H21NO7S/c1-12-5-8-14(9-6-12)28(23,24)20-16-11-13(25-2)7-10-15(16)17(18(21)26-3)19(22)27-4/h5-11,17,20H,1-4H3. The Morgan fingerprint density at radius 1 is 0.929 bits per heavy atom. The number of methoxy groups -OCH3 is 3. The zero-order valence-corrected chi connectivity index (χ0v) is 16.7. The van der Waals surface area contributed by atoms with Crippen LogP contribution in [0.25, 0.3) is 0 Å². The van der Waals surface area contributed by atoms with Crippen molar-refractivity contribution in [3.63, 3.8) is 0 Å². The summed E-state index contributed by atoms with van der Waals surface area (Å²) in [6.45, 7) is 1.83. The van der Waals surface area contributed by atoms with E-state index in [9.17, 15) is 18.0 Å². The molecule has 0 radical (unpaired) electrons. The van der Waals surface area contributed by atoms with E-state index in [1.165, 1.54) is 37.4 Å². The summed E-state index contributed by atoms with van der Waals surface area (Å²) < 4.78 is 42.5. The van der Waals surface area contributed by atoms with Gasteiger partial charge in [-0.25, -0.2) is 8.42 Å². The van der Waals surface area contributed by atoms with Crippen LogP contribution in [0.4, 0.5) is 5.69 Å². The van der Waals surface area contributed by atoms with Gasteiger partial charge in [0.05, 0.1) is 31.9 Å². The fourth-order valence-corrected chi connectivity index (χ4v) is 3.59. The normalized spacial score (nSPS) is 11.0. The summed E-state index contributed by atoms with van der Waals surface area (Å²) in [6, 6.07) is 10.5. The van der Waals surface area contributed by atoms with Gasteiger partial charge in [0.1, 0.15) is 5.75 Å². The lowest BCUT2D eigenvalue weighted by atomic mass is 9.97. The molecule has 0 aromatic heterocycles. The van der Waals surface area contributed by atoms with E-state index < -0.39 is 27.9 Å².